The molecular weight excluding hydrogens is 498 g/mol. The van der Waals surface area contributed by atoms with Crippen molar-refractivity contribution >= 4 is 21.6 Å². The van der Waals surface area contributed by atoms with Crippen LogP contribution in [0, 0.1) is 0 Å². The van der Waals surface area contributed by atoms with E-state index in [1.54, 1.807) is 11.9 Å². The first kappa shape index (κ1) is 30.3. The summed E-state index contributed by atoms with van der Waals surface area (Å²) in [6.07, 6.45) is 1.23. The third-order valence-electron chi connectivity index (χ3n) is 6.21. The van der Waals surface area contributed by atoms with Gasteiger partial charge in [-0.15, -0.1) is 0 Å². The van der Waals surface area contributed by atoms with Crippen LogP contribution in [0.2, 0.25) is 0 Å². The fourth-order valence-electron chi connectivity index (χ4n) is 4.40. The predicted molar refractivity (Wildman–Crippen MR) is 156 cm³/mol. The van der Waals surface area contributed by atoms with Gasteiger partial charge in [-0.05, 0) is 83.6 Å². The van der Waals surface area contributed by atoms with E-state index in [1.807, 2.05) is 46.8 Å². The van der Waals surface area contributed by atoms with Crippen LogP contribution in [0.25, 0.3) is 10.2 Å². The summed E-state index contributed by atoms with van der Waals surface area (Å²) in [5.74, 6) is 0.657. The normalized spacial score (nSPS) is 13.9. The molecule has 8 heteroatoms. The molecular formula is C30H45N3O4S. The van der Waals surface area contributed by atoms with Crippen LogP contribution in [0.4, 0.5) is 0 Å². The Balaban J connectivity index is 1.77. The van der Waals surface area contributed by atoms with Crippen molar-refractivity contribution in [1.29, 1.82) is 0 Å². The zero-order chi connectivity index (χ0) is 28.0. The van der Waals surface area contributed by atoms with Crippen molar-refractivity contribution in [3.05, 3.63) is 52.6 Å². The second kappa shape index (κ2) is 13.2. The van der Waals surface area contributed by atoms with E-state index in [4.69, 9.17) is 9.47 Å². The van der Waals surface area contributed by atoms with Crippen molar-refractivity contribution in [2.45, 2.75) is 98.7 Å². The van der Waals surface area contributed by atoms with Crippen LogP contribution >= 0.6 is 11.3 Å². The highest BCUT2D eigenvalue weighted by molar-refractivity contribution is 7.20. The molecule has 0 spiro atoms. The van der Waals surface area contributed by atoms with Crippen molar-refractivity contribution in [3.63, 3.8) is 0 Å². The average molecular weight is 544 g/mol. The number of rotatable bonds is 13. The minimum absolute atomic E-state index is 0.0163. The lowest BCUT2D eigenvalue weighted by Gasteiger charge is -2.29. The van der Waals surface area contributed by atoms with Crippen LogP contribution in [-0.2, 0) is 19.3 Å². The summed E-state index contributed by atoms with van der Waals surface area (Å²) >= 11 is 1.40. The fraction of sp³-hybridized carbons (Fsp3) is 0.567. The van der Waals surface area contributed by atoms with Gasteiger partial charge in [0.25, 0.3) is 5.19 Å². The van der Waals surface area contributed by atoms with Crippen LogP contribution < -0.4 is 14.9 Å². The highest BCUT2D eigenvalue weighted by atomic mass is 32.1. The fourth-order valence-corrected chi connectivity index (χ4v) is 5.51. The predicted octanol–water partition coefficient (Wildman–Crippen LogP) is 5.81. The zero-order valence-electron chi connectivity index (χ0n) is 24.2. The topological polar surface area (TPSA) is 87.1 Å². The molecule has 2 unspecified atom stereocenters. The lowest BCUT2D eigenvalue weighted by atomic mass is 9.99. The first-order chi connectivity index (χ1) is 17.9. The Hall–Kier alpha value is -2.23. The summed E-state index contributed by atoms with van der Waals surface area (Å²) in [5, 5.41) is 24.0. The van der Waals surface area contributed by atoms with Gasteiger partial charge in [-0.25, -0.2) is 5.01 Å². The molecule has 38 heavy (non-hydrogen) atoms. The number of nitrogens with zero attached hydrogens (tertiary/aromatic N) is 2. The van der Waals surface area contributed by atoms with E-state index in [0.29, 0.717) is 23.0 Å². The van der Waals surface area contributed by atoms with Crippen LogP contribution in [0.15, 0.2) is 30.3 Å². The Labute approximate surface area is 231 Å². The number of ether oxygens (including phenoxy) is 2. The van der Waals surface area contributed by atoms with Crippen LogP contribution in [0.3, 0.4) is 0 Å². The number of aryl methyl sites for hydroxylation is 2. The average Bonchev–Trinajstić information content (AvgIpc) is 3.25. The van der Waals surface area contributed by atoms with E-state index in [0.717, 1.165) is 29.5 Å². The smallest absolute Gasteiger partial charge is 0.274 e. The molecule has 0 aliphatic heterocycles. The van der Waals surface area contributed by atoms with Gasteiger partial charge in [0.15, 0.2) is 0 Å². The molecule has 0 aliphatic rings. The maximum absolute atomic E-state index is 11.3. The van der Waals surface area contributed by atoms with E-state index >= 15 is 0 Å². The number of aliphatic hydroxyl groups is 2. The Morgan fingerprint density at radius 3 is 2.34 bits per heavy atom. The summed E-state index contributed by atoms with van der Waals surface area (Å²) < 4.78 is 12.9. The molecule has 1 aromatic heterocycles. The molecule has 210 valence electrons. The molecule has 0 radical (unpaired) electrons. The maximum Gasteiger partial charge on any atom is 0.274 e. The summed E-state index contributed by atoms with van der Waals surface area (Å²) in [5.41, 5.74) is 8.38. The number of benzene rings is 2. The SMILES string of the molecule is CCc1ccc(CCNN(CC(O)c2ccc(OC(C)(C)C)c3nc(OC(C)C)sc23)C(C)O)cc1CC. The van der Waals surface area contributed by atoms with E-state index in [1.165, 1.54) is 28.0 Å². The quantitative estimate of drug-likeness (QED) is 0.185. The van der Waals surface area contributed by atoms with E-state index < -0.39 is 17.9 Å². The summed E-state index contributed by atoms with van der Waals surface area (Å²) in [6.45, 7) is 16.8. The number of aliphatic hydroxyl groups excluding tert-OH is 2. The van der Waals surface area contributed by atoms with Crippen molar-refractivity contribution in [3.8, 4) is 10.9 Å². The van der Waals surface area contributed by atoms with Crippen LogP contribution in [-0.4, -0.2) is 51.2 Å². The second-order valence-electron chi connectivity index (χ2n) is 11.0. The highest BCUT2D eigenvalue weighted by Gasteiger charge is 2.24. The summed E-state index contributed by atoms with van der Waals surface area (Å²) in [7, 11) is 0. The lowest BCUT2D eigenvalue weighted by molar-refractivity contribution is -0.0445. The largest absolute Gasteiger partial charge is 0.486 e. The Bertz CT molecular complexity index is 1190. The molecule has 0 saturated carbocycles. The Morgan fingerprint density at radius 1 is 1.03 bits per heavy atom. The number of nitrogens with one attached hydrogen (secondary N) is 1. The third-order valence-corrected chi connectivity index (χ3v) is 7.21. The third kappa shape index (κ3) is 8.13. The molecule has 0 saturated heterocycles. The molecule has 0 bridgehead atoms. The maximum atomic E-state index is 11.3. The van der Waals surface area contributed by atoms with Gasteiger partial charge in [0.2, 0.25) is 0 Å². The monoisotopic (exact) mass is 543 g/mol. The highest BCUT2D eigenvalue weighted by Crippen LogP contribution is 2.40. The van der Waals surface area contributed by atoms with Gasteiger partial charge < -0.3 is 19.7 Å². The van der Waals surface area contributed by atoms with Crippen LogP contribution in [0.1, 0.15) is 83.7 Å². The molecule has 0 fully saturated rings. The first-order valence-electron chi connectivity index (χ1n) is 13.7. The first-order valence-corrected chi connectivity index (χ1v) is 14.5. The van der Waals surface area contributed by atoms with Gasteiger partial charge in [-0.1, -0.05) is 49.4 Å². The molecule has 0 aliphatic carbocycles. The number of hydrogen-bond donors (Lipinski definition) is 3. The molecule has 3 rings (SSSR count). The Kier molecular flexibility index (Phi) is 10.5. The standard InChI is InChI=1S/C30H45N3O4S/c1-9-22-12-11-21(17-23(22)10-2)15-16-31-33(20(5)34)18-25(35)24-13-14-26(37-30(6,7)8)27-28(24)38-29(32-27)36-19(3)4/h11-14,17,19-20,25,31,34-35H,9-10,15-16,18H2,1-8H3. The van der Waals surface area contributed by atoms with E-state index in [9.17, 15) is 10.2 Å². The van der Waals surface area contributed by atoms with E-state index in [2.05, 4.69) is 42.5 Å². The van der Waals surface area contributed by atoms with Gasteiger partial charge in [0.1, 0.15) is 23.1 Å². The molecule has 2 aromatic carbocycles. The minimum Gasteiger partial charge on any atom is -0.486 e. The lowest BCUT2D eigenvalue weighted by Crippen LogP contribution is -2.47. The second-order valence-corrected chi connectivity index (χ2v) is 11.9. The number of fused-ring (bicyclic) bond motifs is 1. The molecule has 7 nitrogen and oxygen atoms in total. The minimum atomic E-state index is -0.855. The van der Waals surface area contributed by atoms with Gasteiger partial charge in [0.05, 0.1) is 16.9 Å². The van der Waals surface area contributed by atoms with Crippen molar-refractivity contribution in [1.82, 2.24) is 15.4 Å². The van der Waals surface area contributed by atoms with Gasteiger partial charge >= 0.3 is 0 Å². The molecule has 3 aromatic rings. The summed E-state index contributed by atoms with van der Waals surface area (Å²) in [4.78, 5) is 4.69. The number of thiazole rings is 1. The zero-order valence-corrected chi connectivity index (χ0v) is 25.0. The molecule has 3 N–H and O–H groups in total. The van der Waals surface area contributed by atoms with Gasteiger partial charge in [0, 0.05) is 18.7 Å². The summed E-state index contributed by atoms with van der Waals surface area (Å²) in [6, 6.07) is 10.4. The number of hydrogen-bond acceptors (Lipinski definition) is 8. The molecule has 1 heterocycles. The van der Waals surface area contributed by atoms with E-state index in [-0.39, 0.29) is 12.6 Å². The Morgan fingerprint density at radius 2 is 1.74 bits per heavy atom. The van der Waals surface area contributed by atoms with Gasteiger partial charge in [-0.3, -0.25) is 5.43 Å². The molecule has 0 amide bonds. The van der Waals surface area contributed by atoms with Crippen molar-refractivity contribution < 1.29 is 19.7 Å². The number of hydrazine groups is 1. The van der Waals surface area contributed by atoms with Crippen molar-refractivity contribution in [2.24, 2.45) is 0 Å². The number of aromatic nitrogens is 1. The van der Waals surface area contributed by atoms with Crippen molar-refractivity contribution in [2.75, 3.05) is 13.1 Å². The van der Waals surface area contributed by atoms with Gasteiger partial charge in [-0.2, -0.15) is 4.98 Å². The molecule has 2 atom stereocenters. The van der Waals surface area contributed by atoms with Crippen LogP contribution in [0.5, 0.6) is 10.9 Å².